The highest BCUT2D eigenvalue weighted by molar-refractivity contribution is 6.34. The van der Waals surface area contributed by atoms with Crippen LogP contribution in [-0.2, 0) is 4.79 Å². The lowest BCUT2D eigenvalue weighted by atomic mass is 9.98. The quantitative estimate of drug-likeness (QED) is 0.661. The van der Waals surface area contributed by atoms with Gasteiger partial charge in [0.05, 0.1) is 24.9 Å². The van der Waals surface area contributed by atoms with Crippen LogP contribution in [0.15, 0.2) is 53.6 Å². The molecule has 0 aliphatic carbocycles. The van der Waals surface area contributed by atoms with E-state index in [2.05, 4.69) is 4.90 Å². The second kappa shape index (κ2) is 9.63. The highest BCUT2D eigenvalue weighted by atomic mass is 35.5. The van der Waals surface area contributed by atoms with E-state index in [1.165, 1.54) is 6.42 Å². The van der Waals surface area contributed by atoms with Crippen molar-refractivity contribution in [3.63, 3.8) is 0 Å². The molecule has 1 fully saturated rings. The number of nitrogens with zero attached hydrogens (tertiary/aromatic N) is 3. The number of ether oxygens (including phenoxy) is 1. The van der Waals surface area contributed by atoms with Gasteiger partial charge in [-0.2, -0.15) is 5.10 Å². The summed E-state index contributed by atoms with van der Waals surface area (Å²) < 4.78 is 5.57. The zero-order chi connectivity index (χ0) is 20.9. The van der Waals surface area contributed by atoms with E-state index in [9.17, 15) is 4.79 Å². The number of hydrogen-bond acceptors (Lipinski definition) is 4. The van der Waals surface area contributed by atoms with Crippen molar-refractivity contribution in [2.24, 2.45) is 5.10 Å². The van der Waals surface area contributed by atoms with Crippen molar-refractivity contribution in [1.29, 1.82) is 0 Å². The van der Waals surface area contributed by atoms with Crippen molar-refractivity contribution in [2.75, 3.05) is 26.2 Å². The number of piperidine rings is 1. The summed E-state index contributed by atoms with van der Waals surface area (Å²) in [6.07, 6.45) is 4.20. The van der Waals surface area contributed by atoms with Crippen molar-refractivity contribution >= 4 is 23.2 Å². The Hall–Kier alpha value is -2.37. The fourth-order valence-electron chi connectivity index (χ4n) is 4.19. The fraction of sp³-hybridized carbons (Fsp3) is 0.417. The Kier molecular flexibility index (Phi) is 6.70. The van der Waals surface area contributed by atoms with Crippen LogP contribution in [0.4, 0.5) is 0 Å². The summed E-state index contributed by atoms with van der Waals surface area (Å²) in [5.74, 6) is 0.871. The highest BCUT2D eigenvalue weighted by Crippen LogP contribution is 2.35. The molecule has 158 valence electrons. The van der Waals surface area contributed by atoms with Gasteiger partial charge in [0.2, 0.25) is 0 Å². The van der Waals surface area contributed by atoms with Gasteiger partial charge in [-0.25, -0.2) is 5.01 Å². The molecule has 0 radical (unpaired) electrons. The number of rotatable bonds is 6. The van der Waals surface area contributed by atoms with Crippen LogP contribution in [0, 0.1) is 0 Å². The van der Waals surface area contributed by atoms with Crippen molar-refractivity contribution in [3.05, 3.63) is 64.7 Å². The zero-order valence-electron chi connectivity index (χ0n) is 17.4. The molecule has 1 saturated heterocycles. The summed E-state index contributed by atoms with van der Waals surface area (Å²) in [5, 5.41) is 7.09. The molecule has 0 aromatic heterocycles. The van der Waals surface area contributed by atoms with Gasteiger partial charge in [-0.15, -0.1) is 0 Å². The first-order chi connectivity index (χ1) is 14.7. The Morgan fingerprint density at radius 1 is 1.10 bits per heavy atom. The van der Waals surface area contributed by atoms with E-state index in [4.69, 9.17) is 21.4 Å². The number of likely N-dealkylation sites (tertiary alicyclic amines) is 1. The minimum absolute atomic E-state index is 0.0397. The van der Waals surface area contributed by atoms with Crippen LogP contribution in [0.25, 0.3) is 0 Å². The molecule has 1 atom stereocenters. The van der Waals surface area contributed by atoms with Crippen molar-refractivity contribution < 1.29 is 9.53 Å². The third-order valence-corrected chi connectivity index (χ3v) is 6.06. The van der Waals surface area contributed by atoms with Crippen LogP contribution >= 0.6 is 11.6 Å². The number of hydrogen-bond donors (Lipinski definition) is 0. The molecule has 0 unspecified atom stereocenters. The molecule has 6 heteroatoms. The van der Waals surface area contributed by atoms with Crippen LogP contribution < -0.4 is 4.74 Å². The van der Waals surface area contributed by atoms with E-state index < -0.39 is 0 Å². The summed E-state index contributed by atoms with van der Waals surface area (Å²) in [6.45, 7) is 4.97. The molecular weight excluding hydrogens is 398 g/mol. The van der Waals surface area contributed by atoms with E-state index in [0.717, 1.165) is 48.5 Å². The zero-order valence-corrected chi connectivity index (χ0v) is 18.1. The number of hydrazone groups is 1. The molecule has 4 rings (SSSR count). The molecule has 2 heterocycles. The lowest BCUT2D eigenvalue weighted by Gasteiger charge is -2.29. The van der Waals surface area contributed by atoms with Gasteiger partial charge in [0.1, 0.15) is 5.75 Å². The maximum absolute atomic E-state index is 13.2. The monoisotopic (exact) mass is 425 g/mol. The predicted octanol–water partition coefficient (Wildman–Crippen LogP) is 4.90. The lowest BCUT2D eigenvalue weighted by Crippen LogP contribution is -2.40. The van der Waals surface area contributed by atoms with E-state index in [-0.39, 0.29) is 11.9 Å². The normalized spacial score (nSPS) is 19.6. The van der Waals surface area contributed by atoms with Crippen LogP contribution in [0.1, 0.15) is 49.8 Å². The summed E-state index contributed by atoms with van der Waals surface area (Å²) in [7, 11) is 0. The molecule has 2 aromatic carbocycles. The molecule has 5 nitrogen and oxygen atoms in total. The number of amides is 1. The molecule has 0 N–H and O–H groups in total. The van der Waals surface area contributed by atoms with Crippen LogP contribution in [-0.4, -0.2) is 47.8 Å². The van der Waals surface area contributed by atoms with Gasteiger partial charge < -0.3 is 4.74 Å². The number of benzene rings is 2. The molecule has 30 heavy (non-hydrogen) atoms. The minimum Gasteiger partial charge on any atom is -0.494 e. The highest BCUT2D eigenvalue weighted by Gasteiger charge is 2.34. The maximum Gasteiger partial charge on any atom is 0.257 e. The molecule has 2 aromatic rings. The van der Waals surface area contributed by atoms with Gasteiger partial charge in [-0.1, -0.05) is 48.4 Å². The molecule has 1 amide bonds. The Labute approximate surface area is 183 Å². The van der Waals surface area contributed by atoms with E-state index in [0.29, 0.717) is 24.6 Å². The first-order valence-corrected chi connectivity index (χ1v) is 11.1. The Morgan fingerprint density at radius 3 is 2.53 bits per heavy atom. The number of carbonyl (C=O) groups is 1. The summed E-state index contributed by atoms with van der Waals surface area (Å²) >= 11 is 6.43. The molecule has 0 spiro atoms. The number of halogens is 1. The Morgan fingerprint density at radius 2 is 1.83 bits per heavy atom. The van der Waals surface area contributed by atoms with Gasteiger partial charge in [-0.3, -0.25) is 9.69 Å². The number of carbonyl (C=O) groups excluding carboxylic acids is 1. The minimum atomic E-state index is -0.135. The largest absolute Gasteiger partial charge is 0.494 e. The van der Waals surface area contributed by atoms with Gasteiger partial charge >= 0.3 is 0 Å². The average Bonchev–Trinajstić information content (AvgIpc) is 3.21. The first-order valence-electron chi connectivity index (χ1n) is 10.7. The maximum atomic E-state index is 13.2. The van der Waals surface area contributed by atoms with Crippen molar-refractivity contribution in [2.45, 2.75) is 38.6 Å². The van der Waals surface area contributed by atoms with Gasteiger partial charge in [0, 0.05) is 17.0 Å². The second-order valence-electron chi connectivity index (χ2n) is 7.82. The van der Waals surface area contributed by atoms with Crippen LogP contribution in [0.3, 0.4) is 0 Å². The van der Waals surface area contributed by atoms with Gasteiger partial charge in [-0.05, 0) is 56.6 Å². The van der Waals surface area contributed by atoms with Gasteiger partial charge in [0.25, 0.3) is 5.91 Å². The third-order valence-electron chi connectivity index (χ3n) is 5.73. The van der Waals surface area contributed by atoms with Crippen molar-refractivity contribution in [3.8, 4) is 5.75 Å². The average molecular weight is 426 g/mol. The fourth-order valence-corrected chi connectivity index (χ4v) is 4.44. The molecule has 0 saturated carbocycles. The Balaban J connectivity index is 1.60. The summed E-state index contributed by atoms with van der Waals surface area (Å²) in [6, 6.07) is 15.5. The van der Waals surface area contributed by atoms with E-state index in [1.54, 1.807) is 5.01 Å². The van der Waals surface area contributed by atoms with Gasteiger partial charge in [0.15, 0.2) is 0 Å². The lowest BCUT2D eigenvalue weighted by molar-refractivity contribution is -0.134. The van der Waals surface area contributed by atoms with E-state index in [1.807, 2.05) is 55.5 Å². The molecule has 2 aliphatic rings. The standard InChI is InChI=1S/C24H28ClN3O2/c1-2-30-19-12-10-18(11-13-19)23-16-22(20-8-4-5-9-21(20)25)26-28(23)24(29)17-27-14-6-3-7-15-27/h4-5,8-13,23H,2-3,6-7,14-17H2,1H3/t23-/m1/s1. The predicted molar refractivity (Wildman–Crippen MR) is 120 cm³/mol. The van der Waals surface area contributed by atoms with Crippen LogP contribution in [0.5, 0.6) is 5.75 Å². The summed E-state index contributed by atoms with van der Waals surface area (Å²) in [4.78, 5) is 15.5. The molecule has 2 aliphatic heterocycles. The van der Waals surface area contributed by atoms with Crippen molar-refractivity contribution in [1.82, 2.24) is 9.91 Å². The second-order valence-corrected chi connectivity index (χ2v) is 8.23. The molecule has 0 bridgehead atoms. The smallest absolute Gasteiger partial charge is 0.257 e. The first kappa shape index (κ1) is 20.9. The third kappa shape index (κ3) is 4.68. The topological polar surface area (TPSA) is 45.1 Å². The molecular formula is C24H28ClN3O2. The summed E-state index contributed by atoms with van der Waals surface area (Å²) in [5.41, 5.74) is 2.80. The SMILES string of the molecule is CCOc1ccc([C@H]2CC(c3ccccc3Cl)=NN2C(=O)CN2CCCCC2)cc1. The van der Waals surface area contributed by atoms with Crippen LogP contribution in [0.2, 0.25) is 5.02 Å². The Bertz CT molecular complexity index is 907. The van der Waals surface area contributed by atoms with E-state index >= 15 is 0 Å².